The third kappa shape index (κ3) is 5.93. The lowest BCUT2D eigenvalue weighted by Crippen LogP contribution is -2.51. The first-order valence-electron chi connectivity index (χ1n) is 8.12. The SMILES string of the molecule is CCCNC(C)(CCCN1CC(C)OC(C)C1)C(=O)OC. The maximum atomic E-state index is 12.0. The summed E-state index contributed by atoms with van der Waals surface area (Å²) in [4.78, 5) is 14.4. The highest BCUT2D eigenvalue weighted by atomic mass is 16.5. The summed E-state index contributed by atoms with van der Waals surface area (Å²) in [6.07, 6.45) is 3.35. The second-order valence-corrected chi connectivity index (χ2v) is 6.37. The van der Waals surface area contributed by atoms with E-state index in [0.717, 1.165) is 45.4 Å². The largest absolute Gasteiger partial charge is 0.468 e. The number of carbonyl (C=O) groups is 1. The van der Waals surface area contributed by atoms with Gasteiger partial charge >= 0.3 is 5.97 Å². The Balaban J connectivity index is 2.44. The van der Waals surface area contributed by atoms with Gasteiger partial charge in [-0.1, -0.05) is 6.92 Å². The molecule has 1 heterocycles. The van der Waals surface area contributed by atoms with Gasteiger partial charge in [-0.25, -0.2) is 0 Å². The van der Waals surface area contributed by atoms with Crippen LogP contribution in [0, 0.1) is 0 Å². The van der Waals surface area contributed by atoms with Crippen molar-refractivity contribution in [1.82, 2.24) is 10.2 Å². The molecular formula is C16H32N2O3. The second kappa shape index (κ2) is 8.71. The molecule has 1 fully saturated rings. The van der Waals surface area contributed by atoms with E-state index in [0.29, 0.717) is 12.2 Å². The first-order chi connectivity index (χ1) is 9.91. The van der Waals surface area contributed by atoms with E-state index < -0.39 is 5.54 Å². The van der Waals surface area contributed by atoms with E-state index in [-0.39, 0.29) is 5.97 Å². The zero-order valence-electron chi connectivity index (χ0n) is 14.3. The van der Waals surface area contributed by atoms with Crippen molar-refractivity contribution in [3.8, 4) is 0 Å². The molecule has 0 bridgehead atoms. The number of morpholine rings is 1. The Hall–Kier alpha value is -0.650. The Kier molecular flexibility index (Phi) is 7.63. The fourth-order valence-corrected chi connectivity index (χ4v) is 3.01. The highest BCUT2D eigenvalue weighted by Gasteiger charge is 2.33. The van der Waals surface area contributed by atoms with Crippen LogP contribution in [-0.2, 0) is 14.3 Å². The van der Waals surface area contributed by atoms with Crippen molar-refractivity contribution in [2.45, 2.75) is 64.7 Å². The molecule has 1 aliphatic heterocycles. The lowest BCUT2D eigenvalue weighted by Gasteiger charge is -2.36. The van der Waals surface area contributed by atoms with Crippen LogP contribution in [-0.4, -0.2) is 61.9 Å². The summed E-state index contributed by atoms with van der Waals surface area (Å²) in [5, 5.41) is 3.33. The van der Waals surface area contributed by atoms with E-state index >= 15 is 0 Å². The molecule has 3 unspecified atom stereocenters. The summed E-state index contributed by atoms with van der Waals surface area (Å²) < 4.78 is 10.7. The van der Waals surface area contributed by atoms with E-state index in [1.807, 2.05) is 6.92 Å². The van der Waals surface area contributed by atoms with Crippen LogP contribution in [0.15, 0.2) is 0 Å². The summed E-state index contributed by atoms with van der Waals surface area (Å²) in [7, 11) is 1.46. The van der Waals surface area contributed by atoms with Crippen LogP contribution in [0.25, 0.3) is 0 Å². The van der Waals surface area contributed by atoms with Gasteiger partial charge in [0.25, 0.3) is 0 Å². The van der Waals surface area contributed by atoms with Gasteiger partial charge < -0.3 is 14.8 Å². The van der Waals surface area contributed by atoms with Crippen LogP contribution in [0.2, 0.25) is 0 Å². The zero-order chi connectivity index (χ0) is 15.9. The Morgan fingerprint density at radius 2 is 2.00 bits per heavy atom. The molecule has 5 nitrogen and oxygen atoms in total. The number of hydrogen-bond donors (Lipinski definition) is 1. The number of ether oxygens (including phenoxy) is 2. The first-order valence-corrected chi connectivity index (χ1v) is 8.12. The maximum absolute atomic E-state index is 12.0. The van der Waals surface area contributed by atoms with E-state index in [4.69, 9.17) is 9.47 Å². The van der Waals surface area contributed by atoms with Gasteiger partial charge in [0.2, 0.25) is 0 Å². The van der Waals surface area contributed by atoms with Gasteiger partial charge in [0.1, 0.15) is 5.54 Å². The molecule has 0 aliphatic carbocycles. The van der Waals surface area contributed by atoms with Crippen LogP contribution < -0.4 is 5.32 Å². The maximum Gasteiger partial charge on any atom is 0.325 e. The molecule has 0 spiro atoms. The van der Waals surface area contributed by atoms with Crippen molar-refractivity contribution >= 4 is 5.97 Å². The monoisotopic (exact) mass is 300 g/mol. The smallest absolute Gasteiger partial charge is 0.325 e. The Morgan fingerprint density at radius 1 is 1.38 bits per heavy atom. The van der Waals surface area contributed by atoms with Crippen LogP contribution >= 0.6 is 0 Å². The van der Waals surface area contributed by atoms with E-state index in [1.54, 1.807) is 0 Å². The number of nitrogens with zero attached hydrogens (tertiary/aromatic N) is 1. The van der Waals surface area contributed by atoms with Gasteiger partial charge in [0.05, 0.1) is 19.3 Å². The topological polar surface area (TPSA) is 50.8 Å². The van der Waals surface area contributed by atoms with Crippen molar-refractivity contribution in [2.75, 3.05) is 33.3 Å². The lowest BCUT2D eigenvalue weighted by atomic mass is 9.95. The van der Waals surface area contributed by atoms with Crippen molar-refractivity contribution in [3.05, 3.63) is 0 Å². The van der Waals surface area contributed by atoms with Crippen LogP contribution in [0.5, 0.6) is 0 Å². The molecule has 1 N–H and O–H groups in total. The van der Waals surface area contributed by atoms with Gasteiger partial charge in [-0.3, -0.25) is 9.69 Å². The van der Waals surface area contributed by atoms with Gasteiger partial charge in [-0.15, -0.1) is 0 Å². The molecule has 1 saturated heterocycles. The Labute approximate surface area is 129 Å². The van der Waals surface area contributed by atoms with Crippen LogP contribution in [0.3, 0.4) is 0 Å². The summed E-state index contributed by atoms with van der Waals surface area (Å²) in [5.41, 5.74) is -0.575. The van der Waals surface area contributed by atoms with Gasteiger partial charge in [-0.2, -0.15) is 0 Å². The highest BCUT2D eigenvalue weighted by Crippen LogP contribution is 2.17. The molecule has 0 aromatic heterocycles. The standard InChI is InChI=1S/C16H32N2O3/c1-6-9-17-16(4,15(19)20-5)8-7-10-18-11-13(2)21-14(3)12-18/h13-14,17H,6-12H2,1-5H3. The molecule has 3 atom stereocenters. The number of rotatable bonds is 8. The molecule has 5 heteroatoms. The molecule has 124 valence electrons. The zero-order valence-corrected chi connectivity index (χ0v) is 14.3. The number of nitrogens with one attached hydrogen (secondary N) is 1. The molecule has 0 aromatic rings. The van der Waals surface area contributed by atoms with E-state index in [1.165, 1.54) is 7.11 Å². The first kappa shape index (κ1) is 18.4. The van der Waals surface area contributed by atoms with Crippen molar-refractivity contribution in [2.24, 2.45) is 0 Å². The minimum absolute atomic E-state index is 0.167. The number of methoxy groups -OCH3 is 1. The van der Waals surface area contributed by atoms with Gasteiger partial charge in [0, 0.05) is 13.1 Å². The summed E-state index contributed by atoms with van der Waals surface area (Å²) in [6.45, 7) is 12.0. The fourth-order valence-electron chi connectivity index (χ4n) is 3.01. The molecular weight excluding hydrogens is 268 g/mol. The molecule has 0 amide bonds. The minimum Gasteiger partial charge on any atom is -0.468 e. The predicted molar refractivity (Wildman–Crippen MR) is 84.4 cm³/mol. The third-order valence-corrected chi connectivity index (χ3v) is 4.05. The molecule has 1 aliphatic rings. The minimum atomic E-state index is -0.575. The van der Waals surface area contributed by atoms with Crippen LogP contribution in [0.1, 0.15) is 47.0 Å². The highest BCUT2D eigenvalue weighted by molar-refractivity contribution is 5.80. The molecule has 0 radical (unpaired) electrons. The van der Waals surface area contributed by atoms with Crippen molar-refractivity contribution < 1.29 is 14.3 Å². The molecule has 1 rings (SSSR count). The molecule has 0 aromatic carbocycles. The number of esters is 1. The average molecular weight is 300 g/mol. The summed E-state index contributed by atoms with van der Waals surface area (Å²) in [5.74, 6) is -0.167. The van der Waals surface area contributed by atoms with Crippen molar-refractivity contribution in [1.29, 1.82) is 0 Å². The van der Waals surface area contributed by atoms with E-state index in [2.05, 4.69) is 31.0 Å². The molecule has 21 heavy (non-hydrogen) atoms. The third-order valence-electron chi connectivity index (χ3n) is 4.05. The average Bonchev–Trinajstić information content (AvgIpc) is 2.43. The summed E-state index contributed by atoms with van der Waals surface area (Å²) in [6, 6.07) is 0. The summed E-state index contributed by atoms with van der Waals surface area (Å²) >= 11 is 0. The van der Waals surface area contributed by atoms with E-state index in [9.17, 15) is 4.79 Å². The van der Waals surface area contributed by atoms with Crippen molar-refractivity contribution in [3.63, 3.8) is 0 Å². The van der Waals surface area contributed by atoms with Gasteiger partial charge in [0.15, 0.2) is 0 Å². The molecule has 0 saturated carbocycles. The Morgan fingerprint density at radius 3 is 2.52 bits per heavy atom. The second-order valence-electron chi connectivity index (χ2n) is 6.37. The fraction of sp³-hybridized carbons (Fsp3) is 0.938. The normalized spacial score (nSPS) is 26.3. The Bertz CT molecular complexity index is 315. The predicted octanol–water partition coefficient (Wildman–Crippen LogP) is 1.81. The van der Waals surface area contributed by atoms with Crippen LogP contribution in [0.4, 0.5) is 0 Å². The number of hydrogen-bond acceptors (Lipinski definition) is 5. The lowest BCUT2D eigenvalue weighted by molar-refractivity contribution is -0.148. The number of carbonyl (C=O) groups excluding carboxylic acids is 1. The van der Waals surface area contributed by atoms with Gasteiger partial charge in [-0.05, 0) is 53.1 Å². The quantitative estimate of drug-likeness (QED) is 0.693.